The summed E-state index contributed by atoms with van der Waals surface area (Å²) < 4.78 is 28.1. The zero-order valence-electron chi connectivity index (χ0n) is 11.0. The number of nitrogens with zero attached hydrogens (tertiary/aromatic N) is 4. The molecule has 20 heavy (non-hydrogen) atoms. The van der Waals surface area contributed by atoms with Gasteiger partial charge in [0, 0.05) is 32.5 Å². The molecule has 108 valence electrons. The van der Waals surface area contributed by atoms with Crippen molar-refractivity contribution in [3.8, 4) is 0 Å². The van der Waals surface area contributed by atoms with E-state index >= 15 is 0 Å². The molecule has 2 N–H and O–H groups in total. The molecule has 0 radical (unpaired) electrons. The molecule has 0 spiro atoms. The molecule has 0 bridgehead atoms. The van der Waals surface area contributed by atoms with E-state index in [9.17, 15) is 8.42 Å². The van der Waals surface area contributed by atoms with Crippen LogP contribution in [-0.4, -0.2) is 42.0 Å². The Balaban J connectivity index is 1.86. The highest BCUT2D eigenvalue weighted by Gasteiger charge is 2.13. The fraction of sp³-hybridized carbons (Fsp3) is 0.364. The highest BCUT2D eigenvalue weighted by atomic mass is 32.2. The maximum atomic E-state index is 12.0. The molecule has 2 aromatic heterocycles. The molecule has 2 rings (SSSR count). The van der Waals surface area contributed by atoms with Crippen LogP contribution in [0.25, 0.3) is 0 Å². The van der Waals surface area contributed by atoms with Crippen molar-refractivity contribution in [1.82, 2.24) is 24.7 Å². The Hall–Kier alpha value is -2.00. The molecule has 0 aliphatic rings. The van der Waals surface area contributed by atoms with Gasteiger partial charge in [-0.1, -0.05) is 5.21 Å². The highest BCUT2D eigenvalue weighted by Crippen LogP contribution is 2.09. The van der Waals surface area contributed by atoms with E-state index in [1.165, 1.54) is 12.3 Å². The van der Waals surface area contributed by atoms with Gasteiger partial charge in [0.1, 0.15) is 10.7 Å². The molecule has 0 atom stereocenters. The van der Waals surface area contributed by atoms with E-state index in [0.717, 1.165) is 0 Å². The zero-order chi connectivity index (χ0) is 14.4. The van der Waals surface area contributed by atoms with Crippen LogP contribution in [0.4, 0.5) is 5.82 Å². The van der Waals surface area contributed by atoms with Gasteiger partial charge in [-0.15, -0.1) is 5.10 Å². The molecule has 0 unspecified atom stereocenters. The van der Waals surface area contributed by atoms with Crippen LogP contribution in [0, 0.1) is 0 Å². The van der Waals surface area contributed by atoms with Crippen molar-refractivity contribution < 1.29 is 8.42 Å². The quantitative estimate of drug-likeness (QED) is 0.702. The maximum Gasteiger partial charge on any atom is 0.242 e. The normalized spacial score (nSPS) is 11.4. The van der Waals surface area contributed by atoms with Gasteiger partial charge in [-0.2, -0.15) is 0 Å². The largest absolute Gasteiger partial charge is 0.373 e. The lowest BCUT2D eigenvalue weighted by Crippen LogP contribution is -2.25. The molecule has 2 aromatic rings. The van der Waals surface area contributed by atoms with E-state index in [2.05, 4.69) is 25.3 Å². The molecule has 8 nitrogen and oxygen atoms in total. The Morgan fingerprint density at radius 3 is 2.80 bits per heavy atom. The Bertz CT molecular complexity index is 623. The van der Waals surface area contributed by atoms with Crippen LogP contribution in [0.15, 0.2) is 35.6 Å². The highest BCUT2D eigenvalue weighted by molar-refractivity contribution is 7.89. The minimum absolute atomic E-state index is 0.150. The van der Waals surface area contributed by atoms with Crippen molar-refractivity contribution in [1.29, 1.82) is 0 Å². The summed E-state index contributed by atoms with van der Waals surface area (Å²) >= 11 is 0. The van der Waals surface area contributed by atoms with E-state index in [-0.39, 0.29) is 4.90 Å². The van der Waals surface area contributed by atoms with Crippen molar-refractivity contribution in [3.63, 3.8) is 0 Å². The summed E-state index contributed by atoms with van der Waals surface area (Å²) in [6.07, 6.45) is 5.27. The molecule has 0 saturated heterocycles. The lowest BCUT2D eigenvalue weighted by atomic mass is 10.4. The molecule has 0 fully saturated rings. The van der Waals surface area contributed by atoms with E-state index < -0.39 is 10.0 Å². The van der Waals surface area contributed by atoms with Gasteiger partial charge in [-0.05, 0) is 18.6 Å². The first-order valence-electron chi connectivity index (χ1n) is 6.09. The number of pyridine rings is 1. The van der Waals surface area contributed by atoms with Gasteiger partial charge >= 0.3 is 0 Å². The van der Waals surface area contributed by atoms with E-state index in [4.69, 9.17) is 0 Å². The standard InChI is InChI=1S/C11H16N6O2S/c1-12-11-4-3-10(9-13-11)20(18,19)15-5-2-7-17-8-6-14-16-17/h3-4,6,8-9,15H,2,5,7H2,1H3,(H,12,13). The van der Waals surface area contributed by atoms with Crippen LogP contribution < -0.4 is 10.0 Å². The van der Waals surface area contributed by atoms with E-state index in [1.54, 1.807) is 30.2 Å². The molecule has 0 aromatic carbocycles. The van der Waals surface area contributed by atoms with Crippen LogP contribution >= 0.6 is 0 Å². The molecule has 0 aliphatic heterocycles. The average Bonchev–Trinajstić information content (AvgIpc) is 2.97. The molecular weight excluding hydrogens is 280 g/mol. The van der Waals surface area contributed by atoms with Crippen molar-refractivity contribution in [2.75, 3.05) is 18.9 Å². The molecule has 0 aliphatic carbocycles. The van der Waals surface area contributed by atoms with E-state index in [1.807, 2.05) is 0 Å². The summed E-state index contributed by atoms with van der Waals surface area (Å²) in [5.74, 6) is 0.620. The molecule has 0 amide bonds. The minimum Gasteiger partial charge on any atom is -0.373 e. The van der Waals surface area contributed by atoms with Gasteiger partial charge in [0.05, 0.1) is 6.20 Å². The number of anilines is 1. The van der Waals surface area contributed by atoms with Crippen LogP contribution in [0.2, 0.25) is 0 Å². The monoisotopic (exact) mass is 296 g/mol. The van der Waals surface area contributed by atoms with Crippen LogP contribution in [0.5, 0.6) is 0 Å². The summed E-state index contributed by atoms with van der Waals surface area (Å²) in [7, 11) is -1.79. The topological polar surface area (TPSA) is 102 Å². The second-order valence-corrected chi connectivity index (χ2v) is 5.81. The second-order valence-electron chi connectivity index (χ2n) is 4.05. The van der Waals surface area contributed by atoms with Gasteiger partial charge in [-0.25, -0.2) is 18.1 Å². The molecular formula is C11H16N6O2S. The summed E-state index contributed by atoms with van der Waals surface area (Å²) in [6.45, 7) is 0.940. The first kappa shape index (κ1) is 14.4. The number of aromatic nitrogens is 4. The lowest BCUT2D eigenvalue weighted by Gasteiger charge is -2.07. The third kappa shape index (κ3) is 3.75. The minimum atomic E-state index is -3.51. The van der Waals surface area contributed by atoms with Gasteiger partial charge < -0.3 is 5.32 Å². The van der Waals surface area contributed by atoms with Crippen LogP contribution in [-0.2, 0) is 16.6 Å². The fourth-order valence-corrected chi connectivity index (χ4v) is 2.59. The predicted octanol–water partition coefficient (Wildman–Crippen LogP) is 0.0834. The lowest BCUT2D eigenvalue weighted by molar-refractivity contribution is 0.542. The van der Waals surface area contributed by atoms with Crippen LogP contribution in [0.3, 0.4) is 0 Å². The number of aryl methyl sites for hydroxylation is 1. The smallest absolute Gasteiger partial charge is 0.242 e. The number of hydrogen-bond acceptors (Lipinski definition) is 6. The van der Waals surface area contributed by atoms with Gasteiger partial charge in [0.25, 0.3) is 0 Å². The predicted molar refractivity (Wildman–Crippen MR) is 73.6 cm³/mol. The number of sulfonamides is 1. The van der Waals surface area contributed by atoms with Crippen molar-refractivity contribution in [3.05, 3.63) is 30.7 Å². The molecule has 0 saturated carbocycles. The Morgan fingerprint density at radius 1 is 1.35 bits per heavy atom. The Morgan fingerprint density at radius 2 is 2.20 bits per heavy atom. The summed E-state index contributed by atoms with van der Waals surface area (Å²) in [6, 6.07) is 3.13. The summed E-state index contributed by atoms with van der Waals surface area (Å²) in [5.41, 5.74) is 0. The SMILES string of the molecule is CNc1ccc(S(=O)(=O)NCCCn2ccnn2)cn1. The first-order chi connectivity index (χ1) is 9.62. The van der Waals surface area contributed by atoms with Gasteiger partial charge in [0.2, 0.25) is 10.0 Å². The first-order valence-corrected chi connectivity index (χ1v) is 7.58. The number of rotatable bonds is 7. The maximum absolute atomic E-state index is 12.0. The number of hydrogen-bond donors (Lipinski definition) is 2. The second kappa shape index (κ2) is 6.44. The van der Waals surface area contributed by atoms with Crippen LogP contribution in [0.1, 0.15) is 6.42 Å². The van der Waals surface area contributed by atoms with E-state index in [0.29, 0.717) is 25.3 Å². The fourth-order valence-electron chi connectivity index (χ4n) is 1.57. The Labute approximate surface area is 117 Å². The third-order valence-corrected chi connectivity index (χ3v) is 4.08. The Kier molecular flexibility index (Phi) is 4.64. The third-order valence-electron chi connectivity index (χ3n) is 2.63. The molecule has 9 heteroatoms. The molecule has 2 heterocycles. The van der Waals surface area contributed by atoms with Crippen molar-refractivity contribution in [2.45, 2.75) is 17.9 Å². The van der Waals surface area contributed by atoms with Crippen molar-refractivity contribution in [2.24, 2.45) is 0 Å². The number of nitrogens with one attached hydrogen (secondary N) is 2. The zero-order valence-corrected chi connectivity index (χ0v) is 11.8. The summed E-state index contributed by atoms with van der Waals surface area (Å²) in [5, 5.41) is 10.3. The average molecular weight is 296 g/mol. The summed E-state index contributed by atoms with van der Waals surface area (Å²) in [4.78, 5) is 4.13. The van der Waals surface area contributed by atoms with Crippen molar-refractivity contribution >= 4 is 15.8 Å². The van der Waals surface area contributed by atoms with Gasteiger partial charge in [-0.3, -0.25) is 4.68 Å². The van der Waals surface area contributed by atoms with Gasteiger partial charge in [0.15, 0.2) is 0 Å².